The average Bonchev–Trinajstić information content (AvgIpc) is 3.04. The lowest BCUT2D eigenvalue weighted by Gasteiger charge is -2.22. The van der Waals surface area contributed by atoms with E-state index >= 15 is 0 Å². The Morgan fingerprint density at radius 1 is 1.29 bits per heavy atom. The van der Waals surface area contributed by atoms with Crippen LogP contribution in [0, 0.1) is 13.8 Å². The Hall–Kier alpha value is -2.47. The van der Waals surface area contributed by atoms with E-state index in [4.69, 9.17) is 0 Å². The van der Waals surface area contributed by atoms with Crippen molar-refractivity contribution in [2.24, 2.45) is 0 Å². The molecule has 1 aliphatic heterocycles. The van der Waals surface area contributed by atoms with Gasteiger partial charge >= 0.3 is 0 Å². The number of hydrogen-bond acceptors (Lipinski definition) is 4. The van der Waals surface area contributed by atoms with Crippen LogP contribution < -0.4 is 10.5 Å². The van der Waals surface area contributed by atoms with E-state index < -0.39 is 0 Å². The Balaban J connectivity index is 1.87. The molecule has 2 aromatic heterocycles. The fourth-order valence-electron chi connectivity index (χ4n) is 3.33. The maximum absolute atomic E-state index is 13.1. The number of amides is 1. The van der Waals surface area contributed by atoms with Gasteiger partial charge in [-0.1, -0.05) is 18.2 Å². The van der Waals surface area contributed by atoms with Crippen molar-refractivity contribution in [1.29, 1.82) is 0 Å². The Labute approximate surface area is 143 Å². The van der Waals surface area contributed by atoms with Crippen LogP contribution in [-0.2, 0) is 6.42 Å². The standard InChI is InChI=1S/C18H17N3O2S/c1-10-8-13-6-4-5-7-15(13)20(10)16(22)14-9-19-18-21(17(14)23)11(2)12(3)24-18/h4-7,9-10H,8H2,1-3H3/t10-/m0/s1. The molecule has 0 N–H and O–H groups in total. The maximum Gasteiger partial charge on any atom is 0.271 e. The number of anilines is 1. The van der Waals surface area contributed by atoms with Crippen LogP contribution in [0.5, 0.6) is 0 Å². The third-order valence-electron chi connectivity index (χ3n) is 4.67. The van der Waals surface area contributed by atoms with Gasteiger partial charge in [-0.3, -0.25) is 14.0 Å². The van der Waals surface area contributed by atoms with Crippen LogP contribution in [0.15, 0.2) is 35.3 Å². The Morgan fingerprint density at radius 3 is 2.83 bits per heavy atom. The summed E-state index contributed by atoms with van der Waals surface area (Å²) in [4.78, 5) is 33.6. The van der Waals surface area contributed by atoms with Crippen LogP contribution in [0.1, 0.15) is 33.4 Å². The Morgan fingerprint density at radius 2 is 2.04 bits per heavy atom. The predicted molar refractivity (Wildman–Crippen MR) is 95.2 cm³/mol. The van der Waals surface area contributed by atoms with Crippen molar-refractivity contribution in [2.75, 3.05) is 4.90 Å². The molecule has 4 rings (SSSR count). The topological polar surface area (TPSA) is 54.7 Å². The van der Waals surface area contributed by atoms with Crippen molar-refractivity contribution in [3.63, 3.8) is 0 Å². The minimum Gasteiger partial charge on any atom is -0.305 e. The molecule has 1 aromatic carbocycles. The molecular weight excluding hydrogens is 322 g/mol. The van der Waals surface area contributed by atoms with E-state index in [0.29, 0.717) is 4.96 Å². The zero-order valence-electron chi connectivity index (χ0n) is 13.7. The van der Waals surface area contributed by atoms with Gasteiger partial charge in [0.2, 0.25) is 0 Å². The van der Waals surface area contributed by atoms with E-state index in [-0.39, 0.29) is 23.1 Å². The van der Waals surface area contributed by atoms with E-state index in [1.54, 1.807) is 9.30 Å². The third kappa shape index (κ3) is 2.03. The number of carbonyl (C=O) groups is 1. The summed E-state index contributed by atoms with van der Waals surface area (Å²) in [6.45, 7) is 5.83. The van der Waals surface area contributed by atoms with Crippen molar-refractivity contribution in [2.45, 2.75) is 33.2 Å². The molecule has 0 bridgehead atoms. The number of carbonyl (C=O) groups excluding carboxylic acids is 1. The van der Waals surface area contributed by atoms with Crippen LogP contribution in [0.4, 0.5) is 5.69 Å². The molecule has 0 saturated heterocycles. The molecule has 0 spiro atoms. The molecule has 6 heteroatoms. The zero-order chi connectivity index (χ0) is 17.0. The molecule has 0 unspecified atom stereocenters. The molecule has 3 aromatic rings. The first-order valence-electron chi connectivity index (χ1n) is 7.88. The van der Waals surface area contributed by atoms with Gasteiger partial charge in [-0.15, -0.1) is 11.3 Å². The first kappa shape index (κ1) is 15.1. The van der Waals surface area contributed by atoms with Crippen LogP contribution in [0.25, 0.3) is 4.96 Å². The van der Waals surface area contributed by atoms with Crippen molar-refractivity contribution in [3.05, 3.63) is 62.5 Å². The van der Waals surface area contributed by atoms with Crippen LogP contribution in [0.3, 0.4) is 0 Å². The van der Waals surface area contributed by atoms with Gasteiger partial charge in [-0.25, -0.2) is 4.98 Å². The maximum atomic E-state index is 13.1. The number of benzene rings is 1. The van der Waals surface area contributed by atoms with Gasteiger partial charge in [0.05, 0.1) is 0 Å². The summed E-state index contributed by atoms with van der Waals surface area (Å²) in [5.41, 5.74) is 2.70. The lowest BCUT2D eigenvalue weighted by molar-refractivity contribution is 0.0979. The second-order valence-corrected chi connectivity index (χ2v) is 7.38. The number of nitrogens with zero attached hydrogens (tertiary/aromatic N) is 3. The summed E-state index contributed by atoms with van der Waals surface area (Å²) >= 11 is 1.46. The summed E-state index contributed by atoms with van der Waals surface area (Å²) in [5, 5.41) is 0. The molecule has 1 atom stereocenters. The molecule has 5 nitrogen and oxygen atoms in total. The Bertz CT molecular complexity index is 1030. The number of rotatable bonds is 1. The van der Waals surface area contributed by atoms with Gasteiger partial charge in [0.1, 0.15) is 5.56 Å². The quantitative estimate of drug-likeness (QED) is 0.685. The SMILES string of the molecule is Cc1sc2ncc(C(=O)N3c4ccccc4C[C@@H]3C)c(=O)n2c1C. The van der Waals surface area contributed by atoms with Gasteiger partial charge in [0, 0.05) is 28.5 Å². The largest absolute Gasteiger partial charge is 0.305 e. The predicted octanol–water partition coefficient (Wildman–Crippen LogP) is 2.96. The number of aromatic nitrogens is 2. The van der Waals surface area contributed by atoms with Gasteiger partial charge in [0.25, 0.3) is 11.5 Å². The summed E-state index contributed by atoms with van der Waals surface area (Å²) < 4.78 is 1.54. The molecule has 0 saturated carbocycles. The van der Waals surface area contributed by atoms with Gasteiger partial charge in [0.15, 0.2) is 4.96 Å². The highest BCUT2D eigenvalue weighted by Gasteiger charge is 2.33. The fraction of sp³-hybridized carbons (Fsp3) is 0.278. The van der Waals surface area contributed by atoms with E-state index in [9.17, 15) is 9.59 Å². The van der Waals surface area contributed by atoms with Crippen LogP contribution >= 0.6 is 11.3 Å². The summed E-state index contributed by atoms with van der Waals surface area (Å²) in [6, 6.07) is 7.87. The highest BCUT2D eigenvalue weighted by atomic mass is 32.1. The van der Waals surface area contributed by atoms with Crippen LogP contribution in [0.2, 0.25) is 0 Å². The number of fused-ring (bicyclic) bond motifs is 2. The van der Waals surface area contributed by atoms with E-state index in [0.717, 1.165) is 28.2 Å². The number of aryl methyl sites for hydroxylation is 2. The fourth-order valence-corrected chi connectivity index (χ4v) is 4.26. The smallest absolute Gasteiger partial charge is 0.271 e. The zero-order valence-corrected chi connectivity index (χ0v) is 14.6. The second kappa shape index (κ2) is 5.27. The Kier molecular flexibility index (Phi) is 3.31. The first-order chi connectivity index (χ1) is 11.5. The molecule has 1 aliphatic rings. The molecule has 0 radical (unpaired) electrons. The van der Waals surface area contributed by atoms with E-state index in [1.165, 1.54) is 17.5 Å². The number of hydrogen-bond donors (Lipinski definition) is 0. The molecular formula is C18H17N3O2S. The lowest BCUT2D eigenvalue weighted by Crippen LogP contribution is -2.39. The van der Waals surface area contributed by atoms with Gasteiger partial charge < -0.3 is 4.90 Å². The van der Waals surface area contributed by atoms with Crippen molar-refractivity contribution >= 4 is 27.9 Å². The minimum atomic E-state index is -0.288. The highest BCUT2D eigenvalue weighted by Crippen LogP contribution is 2.32. The molecule has 24 heavy (non-hydrogen) atoms. The summed E-state index contributed by atoms with van der Waals surface area (Å²) in [7, 11) is 0. The monoisotopic (exact) mass is 339 g/mol. The number of thiazole rings is 1. The third-order valence-corrected chi connectivity index (χ3v) is 5.75. The summed E-state index contributed by atoms with van der Waals surface area (Å²) in [5.74, 6) is -0.275. The average molecular weight is 339 g/mol. The van der Waals surface area contributed by atoms with Crippen molar-refractivity contribution in [1.82, 2.24) is 9.38 Å². The molecule has 0 aliphatic carbocycles. The van der Waals surface area contributed by atoms with Crippen LogP contribution in [-0.4, -0.2) is 21.3 Å². The second-order valence-electron chi connectivity index (χ2n) is 6.20. The van der Waals surface area contributed by atoms with E-state index in [1.807, 2.05) is 45.0 Å². The molecule has 1 amide bonds. The van der Waals surface area contributed by atoms with Crippen molar-refractivity contribution in [3.8, 4) is 0 Å². The summed E-state index contributed by atoms with van der Waals surface area (Å²) in [6.07, 6.45) is 2.22. The number of para-hydroxylation sites is 1. The normalized spacial score (nSPS) is 16.6. The van der Waals surface area contributed by atoms with Crippen molar-refractivity contribution < 1.29 is 4.79 Å². The van der Waals surface area contributed by atoms with Gasteiger partial charge in [-0.2, -0.15) is 0 Å². The van der Waals surface area contributed by atoms with E-state index in [2.05, 4.69) is 4.98 Å². The first-order valence-corrected chi connectivity index (χ1v) is 8.70. The molecule has 0 fully saturated rings. The highest BCUT2D eigenvalue weighted by molar-refractivity contribution is 7.17. The molecule has 3 heterocycles. The van der Waals surface area contributed by atoms with Gasteiger partial charge in [-0.05, 0) is 38.8 Å². The minimum absolute atomic E-state index is 0.0281. The molecule has 122 valence electrons. The lowest BCUT2D eigenvalue weighted by atomic mass is 10.1.